The molecular weight excluding hydrogens is 192 g/mol. The molecule has 15 heavy (non-hydrogen) atoms. The van der Waals surface area contributed by atoms with Crippen LogP contribution in [0.4, 0.5) is 0 Å². The van der Waals surface area contributed by atoms with Crippen LogP contribution in [0.2, 0.25) is 0 Å². The number of carbonyl (C=O) groups is 1. The van der Waals surface area contributed by atoms with Gasteiger partial charge in [-0.05, 0) is 18.8 Å². The quantitative estimate of drug-likeness (QED) is 0.604. The number of aliphatic carboxylic acids is 1. The topological polar surface area (TPSA) is 89.3 Å². The fourth-order valence-corrected chi connectivity index (χ4v) is 2.37. The number of hydrogen-bond acceptors (Lipinski definition) is 3. The van der Waals surface area contributed by atoms with E-state index in [9.17, 15) is 4.79 Å². The molecule has 88 valence electrons. The van der Waals surface area contributed by atoms with Gasteiger partial charge in [-0.25, -0.2) is 0 Å². The van der Waals surface area contributed by atoms with Crippen molar-refractivity contribution in [2.45, 2.75) is 57.0 Å². The van der Waals surface area contributed by atoms with E-state index in [0.29, 0.717) is 12.3 Å². The van der Waals surface area contributed by atoms with Gasteiger partial charge in [0.2, 0.25) is 0 Å². The van der Waals surface area contributed by atoms with Crippen LogP contribution in [-0.2, 0) is 4.79 Å². The zero-order chi connectivity index (χ0) is 11.3. The van der Waals surface area contributed by atoms with Crippen LogP contribution in [0, 0.1) is 5.92 Å². The molecule has 1 rings (SSSR count). The zero-order valence-corrected chi connectivity index (χ0v) is 9.24. The molecule has 0 aromatic heterocycles. The number of nitrogens with two attached hydrogens (primary N) is 2. The molecule has 0 radical (unpaired) electrons. The van der Waals surface area contributed by atoms with Crippen LogP contribution in [0.5, 0.6) is 0 Å². The summed E-state index contributed by atoms with van der Waals surface area (Å²) >= 11 is 0. The lowest BCUT2D eigenvalue weighted by Crippen LogP contribution is -2.51. The van der Waals surface area contributed by atoms with Crippen molar-refractivity contribution in [1.82, 2.24) is 0 Å². The van der Waals surface area contributed by atoms with Crippen LogP contribution in [0.1, 0.15) is 51.4 Å². The van der Waals surface area contributed by atoms with Crippen molar-refractivity contribution in [3.05, 3.63) is 0 Å². The molecule has 1 fully saturated rings. The first-order valence-corrected chi connectivity index (χ1v) is 5.79. The second kappa shape index (κ2) is 5.47. The third-order valence-electron chi connectivity index (χ3n) is 3.20. The maximum absolute atomic E-state index is 10.4. The standard InChI is InChI=1S/C11H22N2O2/c12-11(13,7-6-10(14)15)8-9-4-2-1-3-5-9/h9H,1-8,12-13H2,(H,14,15). The molecule has 4 heteroatoms. The Morgan fingerprint density at radius 2 is 1.87 bits per heavy atom. The van der Waals surface area contributed by atoms with Crippen molar-refractivity contribution in [3.63, 3.8) is 0 Å². The smallest absolute Gasteiger partial charge is 0.303 e. The van der Waals surface area contributed by atoms with Crippen LogP contribution in [-0.4, -0.2) is 16.7 Å². The fraction of sp³-hybridized carbons (Fsp3) is 0.909. The predicted molar refractivity (Wildman–Crippen MR) is 59.2 cm³/mol. The fourth-order valence-electron chi connectivity index (χ4n) is 2.37. The lowest BCUT2D eigenvalue weighted by molar-refractivity contribution is -0.137. The maximum Gasteiger partial charge on any atom is 0.303 e. The highest BCUT2D eigenvalue weighted by molar-refractivity contribution is 5.66. The van der Waals surface area contributed by atoms with Gasteiger partial charge in [0.05, 0.1) is 5.66 Å². The molecule has 4 nitrogen and oxygen atoms in total. The third-order valence-corrected chi connectivity index (χ3v) is 3.20. The van der Waals surface area contributed by atoms with Gasteiger partial charge in [0, 0.05) is 6.42 Å². The van der Waals surface area contributed by atoms with Crippen LogP contribution in [0.25, 0.3) is 0 Å². The Balaban J connectivity index is 2.29. The van der Waals surface area contributed by atoms with Crippen molar-refractivity contribution in [2.24, 2.45) is 17.4 Å². The van der Waals surface area contributed by atoms with Crippen molar-refractivity contribution in [1.29, 1.82) is 0 Å². The molecule has 5 N–H and O–H groups in total. The van der Waals surface area contributed by atoms with Gasteiger partial charge in [-0.1, -0.05) is 32.1 Å². The van der Waals surface area contributed by atoms with Crippen molar-refractivity contribution < 1.29 is 9.90 Å². The maximum atomic E-state index is 10.4. The van der Waals surface area contributed by atoms with Gasteiger partial charge < -0.3 is 16.6 Å². The molecular formula is C11H22N2O2. The van der Waals surface area contributed by atoms with Gasteiger partial charge in [0.25, 0.3) is 0 Å². The van der Waals surface area contributed by atoms with E-state index in [-0.39, 0.29) is 6.42 Å². The normalized spacial score (nSPS) is 19.1. The highest BCUT2D eigenvalue weighted by Gasteiger charge is 2.26. The van der Waals surface area contributed by atoms with Crippen LogP contribution < -0.4 is 11.5 Å². The average molecular weight is 214 g/mol. The molecule has 0 spiro atoms. The van der Waals surface area contributed by atoms with Crippen LogP contribution in [0.15, 0.2) is 0 Å². The summed E-state index contributed by atoms with van der Waals surface area (Å²) in [5, 5.41) is 8.57. The van der Waals surface area contributed by atoms with Gasteiger partial charge in [-0.15, -0.1) is 0 Å². The summed E-state index contributed by atoms with van der Waals surface area (Å²) in [6, 6.07) is 0. The monoisotopic (exact) mass is 214 g/mol. The summed E-state index contributed by atoms with van der Waals surface area (Å²) in [6.45, 7) is 0. The molecule has 0 heterocycles. The molecule has 1 aliphatic carbocycles. The molecule has 1 saturated carbocycles. The number of carboxylic acids is 1. The first-order chi connectivity index (χ1) is 6.99. The second-order valence-electron chi connectivity index (χ2n) is 4.84. The second-order valence-corrected chi connectivity index (χ2v) is 4.84. The molecule has 0 bridgehead atoms. The lowest BCUT2D eigenvalue weighted by atomic mass is 9.82. The molecule has 0 aromatic rings. The van der Waals surface area contributed by atoms with Crippen LogP contribution >= 0.6 is 0 Å². The Bertz CT molecular complexity index is 211. The van der Waals surface area contributed by atoms with Gasteiger partial charge >= 0.3 is 5.97 Å². The van der Waals surface area contributed by atoms with E-state index in [4.69, 9.17) is 16.6 Å². The summed E-state index contributed by atoms with van der Waals surface area (Å²) in [6.07, 6.45) is 7.44. The first-order valence-electron chi connectivity index (χ1n) is 5.79. The van der Waals surface area contributed by atoms with Gasteiger partial charge in [-0.2, -0.15) is 0 Å². The molecule has 0 atom stereocenters. The Hall–Kier alpha value is -0.610. The SMILES string of the molecule is NC(N)(CCC(=O)O)CC1CCCCC1. The molecule has 0 unspecified atom stereocenters. The number of rotatable bonds is 5. The largest absolute Gasteiger partial charge is 0.481 e. The van der Waals surface area contributed by atoms with Gasteiger partial charge in [0.1, 0.15) is 0 Å². The Labute approximate surface area is 91.0 Å². The van der Waals surface area contributed by atoms with Gasteiger partial charge in [-0.3, -0.25) is 4.79 Å². The van der Waals surface area contributed by atoms with Gasteiger partial charge in [0.15, 0.2) is 0 Å². The molecule has 0 aliphatic heterocycles. The predicted octanol–water partition coefficient (Wildman–Crippen LogP) is 1.44. The first kappa shape index (κ1) is 12.5. The molecule has 0 aromatic carbocycles. The minimum Gasteiger partial charge on any atom is -0.481 e. The van der Waals surface area contributed by atoms with E-state index in [2.05, 4.69) is 0 Å². The lowest BCUT2D eigenvalue weighted by Gasteiger charge is -2.31. The van der Waals surface area contributed by atoms with E-state index < -0.39 is 11.6 Å². The molecule has 1 aliphatic rings. The summed E-state index contributed by atoms with van der Waals surface area (Å²) in [5.41, 5.74) is 11.0. The Kier molecular flexibility index (Phi) is 4.54. The van der Waals surface area contributed by atoms with Crippen molar-refractivity contribution in [2.75, 3.05) is 0 Å². The van der Waals surface area contributed by atoms with E-state index in [1.54, 1.807) is 0 Å². The highest BCUT2D eigenvalue weighted by atomic mass is 16.4. The average Bonchev–Trinajstić information content (AvgIpc) is 2.16. The summed E-state index contributed by atoms with van der Waals surface area (Å²) in [5.74, 6) is -0.221. The highest BCUT2D eigenvalue weighted by Crippen LogP contribution is 2.29. The van der Waals surface area contributed by atoms with Crippen molar-refractivity contribution >= 4 is 5.97 Å². The summed E-state index contributed by atoms with van der Waals surface area (Å²) < 4.78 is 0. The number of hydrogen-bond donors (Lipinski definition) is 3. The van der Waals surface area contributed by atoms with Crippen LogP contribution in [0.3, 0.4) is 0 Å². The third kappa shape index (κ3) is 5.14. The zero-order valence-electron chi connectivity index (χ0n) is 9.24. The van der Waals surface area contributed by atoms with E-state index >= 15 is 0 Å². The Morgan fingerprint density at radius 3 is 2.40 bits per heavy atom. The number of carboxylic acid groups (broad SMARTS) is 1. The molecule has 0 amide bonds. The summed E-state index contributed by atoms with van der Waals surface area (Å²) in [4.78, 5) is 10.4. The minimum absolute atomic E-state index is 0.0692. The van der Waals surface area contributed by atoms with E-state index in [1.165, 1.54) is 32.1 Å². The van der Waals surface area contributed by atoms with E-state index in [1.807, 2.05) is 0 Å². The molecule has 0 saturated heterocycles. The van der Waals surface area contributed by atoms with Crippen molar-refractivity contribution in [3.8, 4) is 0 Å². The van der Waals surface area contributed by atoms with E-state index in [0.717, 1.165) is 6.42 Å². The Morgan fingerprint density at radius 1 is 1.27 bits per heavy atom. The summed E-state index contributed by atoms with van der Waals surface area (Å²) in [7, 11) is 0. The minimum atomic E-state index is -0.820.